The summed E-state index contributed by atoms with van der Waals surface area (Å²) in [6.45, 7) is 0.203. The van der Waals surface area contributed by atoms with Crippen LogP contribution in [-0.2, 0) is 9.59 Å². The normalized spacial score (nSPS) is 15.7. The van der Waals surface area contributed by atoms with E-state index in [9.17, 15) is 14.0 Å². The molecule has 1 aliphatic rings. The van der Waals surface area contributed by atoms with Gasteiger partial charge in [0.15, 0.2) is 0 Å². The summed E-state index contributed by atoms with van der Waals surface area (Å²) in [5, 5.41) is 7.99. The monoisotopic (exact) mass is 440 g/mol. The van der Waals surface area contributed by atoms with Crippen LogP contribution in [0, 0.1) is 5.82 Å². The molecule has 0 radical (unpaired) electrons. The van der Waals surface area contributed by atoms with Crippen LogP contribution in [0.3, 0.4) is 0 Å². The van der Waals surface area contributed by atoms with Crippen LogP contribution in [0.15, 0.2) is 69.7 Å². The Morgan fingerprint density at radius 1 is 1.23 bits per heavy atom. The van der Waals surface area contributed by atoms with Gasteiger partial charge >= 0.3 is 0 Å². The van der Waals surface area contributed by atoms with E-state index < -0.39 is 5.91 Å². The highest BCUT2D eigenvalue weighted by atomic mass is 32.1. The van der Waals surface area contributed by atoms with Gasteiger partial charge in [0.05, 0.1) is 18.8 Å². The molecule has 4 rings (SSSR count). The molecule has 3 aromatic rings. The first-order valence-corrected chi connectivity index (χ1v) is 10.6. The molecule has 1 aromatic carbocycles. The Hall–Kier alpha value is -3.46. The zero-order valence-electron chi connectivity index (χ0n) is 16.6. The lowest BCUT2D eigenvalue weighted by atomic mass is 10.1. The fourth-order valence-corrected chi connectivity index (χ4v) is 4.28. The Balaban J connectivity index is 1.59. The molecule has 2 aromatic heterocycles. The van der Waals surface area contributed by atoms with Crippen LogP contribution < -0.4 is 10.6 Å². The predicted octanol–water partition coefficient (Wildman–Crippen LogP) is 3.54. The van der Waals surface area contributed by atoms with Crippen molar-refractivity contribution in [1.82, 2.24) is 5.01 Å². The van der Waals surface area contributed by atoms with Crippen LogP contribution in [0.2, 0.25) is 0 Å². The molecular formula is C22H21FN4O3S. The minimum atomic E-state index is -0.477. The molecule has 1 unspecified atom stereocenters. The van der Waals surface area contributed by atoms with Gasteiger partial charge in [-0.3, -0.25) is 9.59 Å². The van der Waals surface area contributed by atoms with Gasteiger partial charge in [0.1, 0.15) is 17.3 Å². The summed E-state index contributed by atoms with van der Waals surface area (Å²) in [7, 11) is 0. The first-order chi connectivity index (χ1) is 15.0. The van der Waals surface area contributed by atoms with Gasteiger partial charge in [-0.15, -0.1) is 11.3 Å². The number of thiophene rings is 1. The molecule has 31 heavy (non-hydrogen) atoms. The number of hydrogen-bond acceptors (Lipinski definition) is 6. The minimum Gasteiger partial charge on any atom is -0.463 e. The van der Waals surface area contributed by atoms with E-state index in [4.69, 9.17) is 10.2 Å². The van der Waals surface area contributed by atoms with Crippen molar-refractivity contribution in [2.45, 2.75) is 18.9 Å². The molecule has 0 fully saturated rings. The molecule has 7 nitrogen and oxygen atoms in total. The topological polar surface area (TPSA) is 92.1 Å². The number of nitrogens with zero attached hydrogens (tertiary/aromatic N) is 3. The van der Waals surface area contributed by atoms with Gasteiger partial charge in [0.25, 0.3) is 5.91 Å². The number of rotatable bonds is 8. The Morgan fingerprint density at radius 3 is 2.68 bits per heavy atom. The number of amides is 2. The second-order valence-corrected chi connectivity index (χ2v) is 8.09. The van der Waals surface area contributed by atoms with Crippen LogP contribution in [0.5, 0.6) is 0 Å². The molecular weight excluding hydrogens is 419 g/mol. The summed E-state index contributed by atoms with van der Waals surface area (Å²) < 4.78 is 18.8. The SMILES string of the molecule is NC(=O)CCN(CC(=O)N1N=C(c2ccco2)CC1c1cccs1)c1ccc(F)cc1. The largest absolute Gasteiger partial charge is 0.463 e. The maximum absolute atomic E-state index is 13.4. The highest BCUT2D eigenvalue weighted by Gasteiger charge is 2.35. The van der Waals surface area contributed by atoms with E-state index in [1.807, 2.05) is 23.6 Å². The number of benzene rings is 1. The van der Waals surface area contributed by atoms with Crippen LogP contribution in [-0.4, -0.2) is 35.6 Å². The van der Waals surface area contributed by atoms with Crippen molar-refractivity contribution in [2.75, 3.05) is 18.0 Å². The van der Waals surface area contributed by atoms with Crippen molar-refractivity contribution in [1.29, 1.82) is 0 Å². The fraction of sp³-hybridized carbons (Fsp3) is 0.227. The molecule has 3 heterocycles. The minimum absolute atomic E-state index is 0.0320. The Kier molecular flexibility index (Phi) is 6.13. The lowest BCUT2D eigenvalue weighted by Crippen LogP contribution is -2.39. The van der Waals surface area contributed by atoms with E-state index in [-0.39, 0.29) is 37.3 Å². The van der Waals surface area contributed by atoms with Crippen molar-refractivity contribution in [2.24, 2.45) is 10.8 Å². The molecule has 2 N–H and O–H groups in total. The molecule has 2 amide bonds. The van der Waals surface area contributed by atoms with Crippen molar-refractivity contribution in [3.05, 3.63) is 76.6 Å². The van der Waals surface area contributed by atoms with E-state index >= 15 is 0 Å². The van der Waals surface area contributed by atoms with E-state index in [0.717, 1.165) is 4.88 Å². The van der Waals surface area contributed by atoms with Crippen LogP contribution in [0.25, 0.3) is 0 Å². The van der Waals surface area contributed by atoms with Gasteiger partial charge in [0.2, 0.25) is 5.91 Å². The van der Waals surface area contributed by atoms with Gasteiger partial charge in [-0.1, -0.05) is 6.07 Å². The number of primary amides is 1. The number of furan rings is 1. The van der Waals surface area contributed by atoms with Gasteiger partial charge in [-0.05, 0) is 47.8 Å². The van der Waals surface area contributed by atoms with E-state index in [0.29, 0.717) is 23.6 Å². The average Bonchev–Trinajstić information content (AvgIpc) is 3.52. The quantitative estimate of drug-likeness (QED) is 0.580. The second-order valence-electron chi connectivity index (χ2n) is 7.11. The molecule has 0 saturated heterocycles. The Labute approximate surface area is 182 Å². The van der Waals surface area contributed by atoms with Gasteiger partial charge in [-0.25, -0.2) is 9.40 Å². The van der Waals surface area contributed by atoms with Crippen LogP contribution in [0.4, 0.5) is 10.1 Å². The third-order valence-electron chi connectivity index (χ3n) is 4.99. The lowest BCUT2D eigenvalue weighted by Gasteiger charge is -2.27. The van der Waals surface area contributed by atoms with E-state index in [1.54, 1.807) is 40.7 Å². The number of hydrazone groups is 1. The van der Waals surface area contributed by atoms with E-state index in [2.05, 4.69) is 5.10 Å². The highest BCUT2D eigenvalue weighted by molar-refractivity contribution is 7.10. The lowest BCUT2D eigenvalue weighted by molar-refractivity contribution is -0.131. The zero-order chi connectivity index (χ0) is 21.8. The Morgan fingerprint density at radius 2 is 2.03 bits per heavy atom. The molecule has 9 heteroatoms. The molecule has 0 saturated carbocycles. The van der Waals surface area contributed by atoms with Crippen molar-refractivity contribution in [3.8, 4) is 0 Å². The average molecular weight is 441 g/mol. The van der Waals surface area contributed by atoms with Crippen molar-refractivity contribution < 1.29 is 18.4 Å². The predicted molar refractivity (Wildman–Crippen MR) is 116 cm³/mol. The maximum atomic E-state index is 13.4. The summed E-state index contributed by atoms with van der Waals surface area (Å²) in [5.74, 6) is -0.472. The summed E-state index contributed by atoms with van der Waals surface area (Å²) in [6, 6.07) is 13.0. The summed E-state index contributed by atoms with van der Waals surface area (Å²) in [4.78, 5) is 27.4. The highest BCUT2D eigenvalue weighted by Crippen LogP contribution is 2.35. The third-order valence-corrected chi connectivity index (χ3v) is 5.96. The third kappa shape index (κ3) is 4.83. The first-order valence-electron chi connectivity index (χ1n) is 9.77. The van der Waals surface area contributed by atoms with Crippen molar-refractivity contribution in [3.63, 3.8) is 0 Å². The van der Waals surface area contributed by atoms with Crippen LogP contribution >= 0.6 is 11.3 Å². The number of carbonyl (C=O) groups excluding carboxylic acids is 2. The Bertz CT molecular complexity index is 1060. The molecule has 1 atom stereocenters. The first kappa shape index (κ1) is 20.8. The zero-order valence-corrected chi connectivity index (χ0v) is 17.4. The number of hydrogen-bond donors (Lipinski definition) is 1. The molecule has 160 valence electrons. The molecule has 0 spiro atoms. The molecule has 0 bridgehead atoms. The summed E-state index contributed by atoms with van der Waals surface area (Å²) in [6.07, 6.45) is 2.18. The number of halogens is 1. The molecule has 0 aliphatic carbocycles. The molecule has 1 aliphatic heterocycles. The van der Waals surface area contributed by atoms with Gasteiger partial charge < -0.3 is 15.1 Å². The fourth-order valence-electron chi connectivity index (χ4n) is 3.47. The second kappa shape index (κ2) is 9.13. The van der Waals surface area contributed by atoms with Crippen molar-refractivity contribution >= 4 is 34.6 Å². The summed E-state index contributed by atoms with van der Waals surface area (Å²) >= 11 is 1.56. The maximum Gasteiger partial charge on any atom is 0.262 e. The number of carbonyl (C=O) groups is 2. The summed E-state index contributed by atoms with van der Waals surface area (Å²) in [5.41, 5.74) is 6.62. The van der Waals surface area contributed by atoms with E-state index in [1.165, 1.54) is 17.1 Å². The standard InChI is InChI=1S/C22H21FN4O3S/c23-15-5-7-16(8-6-15)26(10-9-21(24)28)14-22(29)27-18(20-4-2-12-31-20)13-17(25-27)19-3-1-11-30-19/h1-8,11-12,18H,9-10,13-14H2,(H2,24,28). The van der Waals surface area contributed by atoms with Gasteiger partial charge in [-0.2, -0.15) is 5.10 Å². The van der Waals surface area contributed by atoms with Crippen LogP contribution in [0.1, 0.15) is 29.5 Å². The number of anilines is 1. The number of nitrogens with two attached hydrogens (primary N) is 1. The smallest absolute Gasteiger partial charge is 0.262 e. The van der Waals surface area contributed by atoms with Gasteiger partial charge in [0, 0.05) is 30.0 Å².